The Morgan fingerprint density at radius 1 is 1.02 bits per heavy atom. The van der Waals surface area contributed by atoms with E-state index in [1.807, 2.05) is 0 Å². The summed E-state index contributed by atoms with van der Waals surface area (Å²) in [6.07, 6.45) is 9.77. The molecular weight excluding hydrogens is 545 g/mol. The molecule has 5 saturated carbocycles. The minimum absolute atomic E-state index is 0.0852. The lowest BCUT2D eigenvalue weighted by Crippen LogP contribution is -2.59. The van der Waals surface area contributed by atoms with E-state index >= 15 is 0 Å². The summed E-state index contributed by atoms with van der Waals surface area (Å²) in [4.78, 5) is 2.14. The van der Waals surface area contributed by atoms with Gasteiger partial charge in [-0.15, -0.1) is 0 Å². The molecule has 2 N–H and O–H groups in total. The van der Waals surface area contributed by atoms with Crippen LogP contribution in [0.5, 0.6) is 0 Å². The van der Waals surface area contributed by atoms with Crippen LogP contribution < -0.4 is 0 Å². The molecule has 0 aromatic carbocycles. The van der Waals surface area contributed by atoms with E-state index in [4.69, 9.17) is 14.2 Å². The molecule has 7 rings (SSSR count). The minimum atomic E-state index is -1.16. The molecule has 13 atom stereocenters. The zero-order valence-electron chi connectivity index (χ0n) is 28.0. The van der Waals surface area contributed by atoms with Crippen LogP contribution in [0.2, 0.25) is 0 Å². The highest BCUT2D eigenvalue weighted by Gasteiger charge is 2.83. The molecule has 0 bridgehead atoms. The molecule has 2 aliphatic heterocycles. The summed E-state index contributed by atoms with van der Waals surface area (Å²) in [7, 11) is 0. The summed E-state index contributed by atoms with van der Waals surface area (Å²) < 4.78 is 32.6. The summed E-state index contributed by atoms with van der Waals surface area (Å²) in [5.74, 6) is 2.37. The first-order chi connectivity index (χ1) is 20.1. The van der Waals surface area contributed by atoms with E-state index in [0.29, 0.717) is 48.3 Å². The van der Waals surface area contributed by atoms with Crippen molar-refractivity contribution in [1.82, 2.24) is 4.90 Å². The van der Waals surface area contributed by atoms with Crippen molar-refractivity contribution in [3.05, 3.63) is 0 Å². The summed E-state index contributed by atoms with van der Waals surface area (Å²) >= 11 is 0. The van der Waals surface area contributed by atoms with E-state index in [-0.39, 0.29) is 47.5 Å². The molecule has 7 heteroatoms. The van der Waals surface area contributed by atoms with Crippen molar-refractivity contribution in [1.29, 1.82) is 0 Å². The molecule has 7 aliphatic rings. The van der Waals surface area contributed by atoms with E-state index < -0.39 is 11.7 Å². The summed E-state index contributed by atoms with van der Waals surface area (Å²) in [6, 6.07) is 0. The second kappa shape index (κ2) is 10.1. The van der Waals surface area contributed by atoms with Gasteiger partial charge in [-0.3, -0.25) is 4.90 Å². The molecule has 246 valence electrons. The van der Waals surface area contributed by atoms with Gasteiger partial charge in [0.15, 0.2) is 6.29 Å². The Morgan fingerprint density at radius 3 is 2.47 bits per heavy atom. The third kappa shape index (κ3) is 4.29. The Hall–Kier alpha value is -0.310. The number of ether oxygens (including phenoxy) is 3. The second-order valence-corrected chi connectivity index (χ2v) is 18.0. The normalized spacial score (nSPS) is 53.2. The number of rotatable bonds is 6. The van der Waals surface area contributed by atoms with Crippen molar-refractivity contribution < 1.29 is 28.8 Å². The SMILES string of the molecule is C[C@@H]1CC([C@H](O)C(C)(C)O)OC2C[C@@]3(C)[C@@H]4CCC5C(C)(C)[C@@H](OC6CN(CCF)CCO6)CCC56C[C@@]46CC[C@]3(C)C21. The largest absolute Gasteiger partial charge is 0.388 e. The predicted octanol–water partition coefficient (Wildman–Crippen LogP) is 5.97. The number of fused-ring (bicyclic) bond motifs is 4. The highest BCUT2D eigenvalue weighted by Crippen LogP contribution is 2.89. The van der Waals surface area contributed by atoms with Crippen molar-refractivity contribution in [2.24, 2.45) is 50.7 Å². The molecule has 5 aliphatic carbocycles. The standard InChI is InChI=1S/C36H60FNO5/c1-22-18-23(30(39)32(4,5)40)42-24-19-34(7)26-9-8-25-31(2,3)27(43-28-20-38(15-14-37)16-17-41-28)10-11-35(25)21-36(26,35)13-12-33(34,6)29(22)24/h22-30,39-40H,8-21H2,1-7H3/t22-,23?,24?,25?,26+,27+,28?,29?,30+,33-,34+,35?,36+/m1/s1. The fourth-order valence-electron chi connectivity index (χ4n) is 13.5. The van der Waals surface area contributed by atoms with Crippen LogP contribution in [-0.4, -0.2) is 84.3 Å². The molecule has 7 fully saturated rings. The van der Waals surface area contributed by atoms with Crippen molar-refractivity contribution in [2.45, 2.75) is 143 Å². The molecular formula is C36H60FNO5. The van der Waals surface area contributed by atoms with Crippen LogP contribution in [0.4, 0.5) is 4.39 Å². The van der Waals surface area contributed by atoms with Crippen LogP contribution in [0.15, 0.2) is 0 Å². The van der Waals surface area contributed by atoms with Crippen molar-refractivity contribution in [3.63, 3.8) is 0 Å². The zero-order chi connectivity index (χ0) is 30.8. The number of alkyl halides is 1. The molecule has 0 aromatic heterocycles. The molecule has 6 nitrogen and oxygen atoms in total. The number of hydrogen-bond acceptors (Lipinski definition) is 6. The van der Waals surface area contributed by atoms with Gasteiger partial charge in [0, 0.05) is 19.6 Å². The number of aliphatic hydroxyl groups excluding tert-OH is 1. The zero-order valence-corrected chi connectivity index (χ0v) is 28.0. The lowest BCUT2D eigenvalue weighted by atomic mass is 9.41. The van der Waals surface area contributed by atoms with Crippen molar-refractivity contribution >= 4 is 0 Å². The second-order valence-electron chi connectivity index (χ2n) is 18.0. The van der Waals surface area contributed by atoms with E-state index in [9.17, 15) is 14.6 Å². The molecule has 0 amide bonds. The van der Waals surface area contributed by atoms with Gasteiger partial charge in [-0.2, -0.15) is 0 Å². The highest BCUT2D eigenvalue weighted by atomic mass is 19.1. The molecule has 2 spiro atoms. The molecule has 2 saturated heterocycles. The Bertz CT molecular complexity index is 1080. The fourth-order valence-corrected chi connectivity index (χ4v) is 13.5. The Morgan fingerprint density at radius 2 is 1.74 bits per heavy atom. The number of morpholine rings is 1. The van der Waals surface area contributed by atoms with Crippen molar-refractivity contribution in [3.8, 4) is 0 Å². The van der Waals surface area contributed by atoms with Gasteiger partial charge in [0.1, 0.15) is 12.8 Å². The Kier molecular flexibility index (Phi) is 7.35. The predicted molar refractivity (Wildman–Crippen MR) is 164 cm³/mol. The van der Waals surface area contributed by atoms with E-state index in [1.54, 1.807) is 13.8 Å². The maximum atomic E-state index is 13.0. The summed E-state index contributed by atoms with van der Waals surface area (Å²) in [5.41, 5.74) is 0.262. The van der Waals surface area contributed by atoms with Gasteiger partial charge >= 0.3 is 0 Å². The van der Waals surface area contributed by atoms with Gasteiger partial charge < -0.3 is 24.4 Å². The summed E-state index contributed by atoms with van der Waals surface area (Å²) in [5, 5.41) is 21.6. The van der Waals surface area contributed by atoms with Gasteiger partial charge in [0.25, 0.3) is 0 Å². The molecule has 6 unspecified atom stereocenters. The van der Waals surface area contributed by atoms with Crippen LogP contribution in [0.1, 0.15) is 106 Å². The van der Waals surface area contributed by atoms with Crippen LogP contribution >= 0.6 is 0 Å². The number of nitrogens with zero attached hydrogens (tertiary/aromatic N) is 1. The monoisotopic (exact) mass is 605 g/mol. The average molecular weight is 606 g/mol. The van der Waals surface area contributed by atoms with Gasteiger partial charge in [-0.25, -0.2) is 4.39 Å². The van der Waals surface area contributed by atoms with Gasteiger partial charge in [-0.1, -0.05) is 34.6 Å². The van der Waals surface area contributed by atoms with Gasteiger partial charge in [0.2, 0.25) is 0 Å². The number of halogens is 1. The van der Waals surface area contributed by atoms with Crippen molar-refractivity contribution in [2.75, 3.05) is 32.9 Å². The van der Waals surface area contributed by atoms with E-state index in [2.05, 4.69) is 39.5 Å². The van der Waals surface area contributed by atoms with E-state index in [1.165, 1.54) is 38.5 Å². The quantitative estimate of drug-likeness (QED) is 0.389. The lowest BCUT2D eigenvalue weighted by Gasteiger charge is -2.63. The smallest absolute Gasteiger partial charge is 0.170 e. The highest BCUT2D eigenvalue weighted by molar-refractivity contribution is 5.31. The van der Waals surface area contributed by atoms with Gasteiger partial charge in [-0.05, 0) is 122 Å². The van der Waals surface area contributed by atoms with Gasteiger partial charge in [0.05, 0.1) is 30.5 Å². The third-order valence-electron chi connectivity index (χ3n) is 15.6. The van der Waals surface area contributed by atoms with Crippen LogP contribution in [0, 0.1) is 50.7 Å². The third-order valence-corrected chi connectivity index (χ3v) is 15.6. The maximum absolute atomic E-state index is 13.0. The van der Waals surface area contributed by atoms with Crippen LogP contribution in [0.25, 0.3) is 0 Å². The Labute approximate surface area is 259 Å². The minimum Gasteiger partial charge on any atom is -0.388 e. The molecule has 0 radical (unpaired) electrons. The topological polar surface area (TPSA) is 71.4 Å². The molecule has 0 aromatic rings. The number of aliphatic hydroxyl groups is 2. The Balaban J connectivity index is 1.10. The van der Waals surface area contributed by atoms with E-state index in [0.717, 1.165) is 31.7 Å². The fraction of sp³-hybridized carbons (Fsp3) is 1.00. The first-order valence-corrected chi connectivity index (χ1v) is 17.7. The average Bonchev–Trinajstić information content (AvgIpc) is 3.53. The first kappa shape index (κ1) is 31.3. The first-order valence-electron chi connectivity index (χ1n) is 17.7. The lowest BCUT2D eigenvalue weighted by molar-refractivity contribution is -0.247. The van der Waals surface area contributed by atoms with Crippen LogP contribution in [0.3, 0.4) is 0 Å². The maximum Gasteiger partial charge on any atom is 0.170 e. The molecule has 2 heterocycles. The summed E-state index contributed by atoms with van der Waals surface area (Å²) in [6.45, 7) is 18.2. The molecule has 43 heavy (non-hydrogen) atoms. The number of hydrogen-bond donors (Lipinski definition) is 2. The van der Waals surface area contributed by atoms with Crippen LogP contribution in [-0.2, 0) is 14.2 Å².